The van der Waals surface area contributed by atoms with Crippen LogP contribution in [0.15, 0.2) is 40.9 Å². The number of alkyl halides is 10. The normalized spacial score (nSPS) is 13.3. The van der Waals surface area contributed by atoms with Crippen molar-refractivity contribution in [2.75, 3.05) is 11.9 Å². The molecule has 1 amide bonds. The topological polar surface area (TPSA) is 20.3 Å². The van der Waals surface area contributed by atoms with Gasteiger partial charge in [0.2, 0.25) is 0 Å². The lowest BCUT2D eigenvalue weighted by atomic mass is 9.91. The molecule has 0 atom stereocenters. The summed E-state index contributed by atoms with van der Waals surface area (Å²) in [6, 6.07) is 3.16. The maximum atomic E-state index is 14.3. The average molecular weight is 544 g/mol. The molecule has 0 aliphatic rings. The Labute approximate surface area is 180 Å². The quantitative estimate of drug-likeness (QED) is 0.376. The molecular weight excluding hydrogens is 535 g/mol. The first kappa shape index (κ1) is 25.9. The first-order valence-electron chi connectivity index (χ1n) is 8.10. The van der Waals surface area contributed by atoms with Crippen molar-refractivity contribution in [3.05, 3.63) is 63.4 Å². The molecule has 0 aliphatic heterocycles. The van der Waals surface area contributed by atoms with Crippen LogP contribution in [0.1, 0.15) is 21.5 Å². The minimum absolute atomic E-state index is 0.163. The van der Waals surface area contributed by atoms with Gasteiger partial charge in [0.05, 0.1) is 16.8 Å². The number of amides is 1. The standard InChI is InChI=1S/C18H9BrF11NO/c1-31(14(32)9-4-2-3-5-12(9)20)13-10(16(22,23)24)6-8(7-11(13)19)15(21,17(25,26)27)18(28,29)30/h2-7H,1H3. The van der Waals surface area contributed by atoms with Crippen molar-refractivity contribution in [2.45, 2.75) is 24.2 Å². The van der Waals surface area contributed by atoms with Gasteiger partial charge in [-0.25, -0.2) is 8.78 Å². The number of nitrogens with zero attached hydrogens (tertiary/aromatic N) is 1. The fraction of sp³-hybridized carbons (Fsp3) is 0.278. The highest BCUT2D eigenvalue weighted by atomic mass is 79.9. The van der Waals surface area contributed by atoms with E-state index in [0.717, 1.165) is 24.3 Å². The summed E-state index contributed by atoms with van der Waals surface area (Å²) in [5.74, 6) is -2.55. The highest BCUT2D eigenvalue weighted by molar-refractivity contribution is 9.10. The fourth-order valence-corrected chi connectivity index (χ4v) is 3.49. The van der Waals surface area contributed by atoms with E-state index in [9.17, 15) is 53.1 Å². The Morgan fingerprint density at radius 1 is 0.875 bits per heavy atom. The van der Waals surface area contributed by atoms with Crippen molar-refractivity contribution in [1.29, 1.82) is 0 Å². The van der Waals surface area contributed by atoms with E-state index in [0.29, 0.717) is 7.05 Å². The lowest BCUT2D eigenvalue weighted by Gasteiger charge is -2.32. The monoisotopic (exact) mass is 543 g/mol. The van der Waals surface area contributed by atoms with Gasteiger partial charge in [-0.3, -0.25) is 4.79 Å². The second-order valence-corrected chi connectivity index (χ2v) is 7.20. The first-order valence-corrected chi connectivity index (χ1v) is 8.89. The van der Waals surface area contributed by atoms with Crippen molar-refractivity contribution in [2.24, 2.45) is 0 Å². The molecule has 0 aliphatic carbocycles. The summed E-state index contributed by atoms with van der Waals surface area (Å²) in [5, 5.41) is 0. The van der Waals surface area contributed by atoms with E-state index < -0.39 is 68.8 Å². The number of carbonyl (C=O) groups is 1. The zero-order chi connectivity index (χ0) is 24.9. The van der Waals surface area contributed by atoms with E-state index in [1.54, 1.807) is 0 Å². The van der Waals surface area contributed by atoms with Crippen molar-refractivity contribution in [3.63, 3.8) is 0 Å². The highest BCUT2D eigenvalue weighted by Gasteiger charge is 2.73. The number of hydrogen-bond donors (Lipinski definition) is 0. The molecule has 0 aromatic heterocycles. The van der Waals surface area contributed by atoms with Crippen molar-refractivity contribution >= 4 is 27.5 Å². The number of rotatable bonds is 3. The molecule has 2 aromatic rings. The summed E-state index contributed by atoms with van der Waals surface area (Å²) < 4.78 is 146. The summed E-state index contributed by atoms with van der Waals surface area (Å²) >= 11 is 2.39. The van der Waals surface area contributed by atoms with Crippen LogP contribution in [0.5, 0.6) is 0 Å². The number of carbonyl (C=O) groups excluding carboxylic acids is 1. The van der Waals surface area contributed by atoms with Crippen LogP contribution >= 0.6 is 15.9 Å². The average Bonchev–Trinajstić information content (AvgIpc) is 2.63. The Hall–Kier alpha value is -2.38. The van der Waals surface area contributed by atoms with E-state index in [4.69, 9.17) is 0 Å². The molecule has 2 rings (SSSR count). The smallest absolute Gasteiger partial charge is 0.310 e. The molecule has 0 heterocycles. The minimum Gasteiger partial charge on any atom is -0.310 e. The lowest BCUT2D eigenvalue weighted by molar-refractivity contribution is -0.348. The number of anilines is 1. The Balaban J connectivity index is 2.81. The summed E-state index contributed by atoms with van der Waals surface area (Å²) in [7, 11) is 0.681. The number of halogens is 12. The van der Waals surface area contributed by atoms with E-state index in [-0.39, 0.29) is 11.0 Å². The summed E-state index contributed by atoms with van der Waals surface area (Å²) in [4.78, 5) is 12.6. The predicted molar refractivity (Wildman–Crippen MR) is 93.2 cm³/mol. The molecule has 176 valence electrons. The van der Waals surface area contributed by atoms with Gasteiger partial charge in [-0.05, 0) is 40.2 Å². The van der Waals surface area contributed by atoms with Gasteiger partial charge < -0.3 is 4.90 Å². The second kappa shape index (κ2) is 8.19. The zero-order valence-corrected chi connectivity index (χ0v) is 16.9. The van der Waals surface area contributed by atoms with E-state index in [1.807, 2.05) is 0 Å². The van der Waals surface area contributed by atoms with Crippen LogP contribution in [0, 0.1) is 5.82 Å². The predicted octanol–water partition coefficient (Wildman–Crippen LogP) is 7.17. The van der Waals surface area contributed by atoms with Crippen molar-refractivity contribution < 1.29 is 53.1 Å². The molecule has 0 fully saturated rings. The molecule has 0 saturated carbocycles. The molecule has 0 saturated heterocycles. The summed E-state index contributed by atoms with van der Waals surface area (Å²) in [6.07, 6.45) is -19.0. The number of hydrogen-bond acceptors (Lipinski definition) is 1. The van der Waals surface area contributed by atoms with Crippen LogP contribution in [-0.2, 0) is 11.8 Å². The van der Waals surface area contributed by atoms with Crippen LogP contribution < -0.4 is 4.90 Å². The largest absolute Gasteiger partial charge is 0.435 e. The van der Waals surface area contributed by atoms with Gasteiger partial charge in [0.1, 0.15) is 5.82 Å². The van der Waals surface area contributed by atoms with Gasteiger partial charge in [-0.15, -0.1) is 0 Å². The van der Waals surface area contributed by atoms with E-state index >= 15 is 0 Å². The minimum atomic E-state index is -6.66. The van der Waals surface area contributed by atoms with Gasteiger partial charge in [0, 0.05) is 17.1 Å². The van der Waals surface area contributed by atoms with Gasteiger partial charge in [-0.2, -0.15) is 39.5 Å². The fourth-order valence-electron chi connectivity index (χ4n) is 2.76. The van der Waals surface area contributed by atoms with Crippen LogP contribution in [-0.4, -0.2) is 25.3 Å². The van der Waals surface area contributed by atoms with Crippen LogP contribution in [0.2, 0.25) is 0 Å². The lowest BCUT2D eigenvalue weighted by Crippen LogP contribution is -2.50. The molecule has 2 aromatic carbocycles. The Bertz CT molecular complexity index is 1010. The Morgan fingerprint density at radius 3 is 1.81 bits per heavy atom. The van der Waals surface area contributed by atoms with Gasteiger partial charge in [-0.1, -0.05) is 12.1 Å². The molecule has 14 heteroatoms. The van der Waals surface area contributed by atoms with E-state index in [2.05, 4.69) is 15.9 Å². The van der Waals surface area contributed by atoms with Crippen LogP contribution in [0.4, 0.5) is 54.0 Å². The molecule has 0 spiro atoms. The van der Waals surface area contributed by atoms with Gasteiger partial charge >= 0.3 is 24.2 Å². The zero-order valence-electron chi connectivity index (χ0n) is 15.4. The van der Waals surface area contributed by atoms with Crippen LogP contribution in [0.25, 0.3) is 0 Å². The first-order chi connectivity index (χ1) is 14.3. The van der Waals surface area contributed by atoms with Crippen molar-refractivity contribution in [1.82, 2.24) is 0 Å². The maximum Gasteiger partial charge on any atom is 0.435 e. The third kappa shape index (κ3) is 4.41. The second-order valence-electron chi connectivity index (χ2n) is 6.35. The Morgan fingerprint density at radius 2 is 1.38 bits per heavy atom. The maximum absolute atomic E-state index is 14.3. The van der Waals surface area contributed by atoms with E-state index in [1.165, 1.54) is 0 Å². The highest BCUT2D eigenvalue weighted by Crippen LogP contribution is 2.55. The van der Waals surface area contributed by atoms with Gasteiger partial charge in [0.15, 0.2) is 0 Å². The molecule has 0 N–H and O–H groups in total. The molecule has 0 unspecified atom stereocenters. The van der Waals surface area contributed by atoms with Crippen molar-refractivity contribution in [3.8, 4) is 0 Å². The third-order valence-corrected chi connectivity index (χ3v) is 4.90. The molecule has 0 radical (unpaired) electrons. The third-order valence-electron chi connectivity index (χ3n) is 4.29. The molecular formula is C18H9BrF11NO. The summed E-state index contributed by atoms with van der Waals surface area (Å²) in [5.41, 5.74) is -12.7. The van der Waals surface area contributed by atoms with Crippen LogP contribution in [0.3, 0.4) is 0 Å². The molecule has 2 nitrogen and oxygen atoms in total. The number of benzene rings is 2. The van der Waals surface area contributed by atoms with Gasteiger partial charge in [0.25, 0.3) is 5.91 Å². The summed E-state index contributed by atoms with van der Waals surface area (Å²) in [6.45, 7) is 0. The SMILES string of the molecule is CN(C(=O)c1ccccc1F)c1c(Br)cc(C(F)(C(F)(F)F)C(F)(F)F)cc1C(F)(F)F. The molecule has 0 bridgehead atoms. The molecule has 32 heavy (non-hydrogen) atoms. The Kier molecular flexibility index (Phi) is 6.63.